The van der Waals surface area contributed by atoms with Gasteiger partial charge >= 0.3 is 0 Å². The lowest BCUT2D eigenvalue weighted by atomic mass is 10.1. The molecule has 0 bridgehead atoms. The molecule has 0 fully saturated rings. The number of pyridine rings is 1. The number of nitrogens with zero attached hydrogens (tertiary/aromatic N) is 2. The van der Waals surface area contributed by atoms with Gasteiger partial charge in [-0.1, -0.05) is 25.1 Å². The summed E-state index contributed by atoms with van der Waals surface area (Å²) in [6.07, 6.45) is 1.03. The highest BCUT2D eigenvalue weighted by molar-refractivity contribution is 5.93. The predicted molar refractivity (Wildman–Crippen MR) is 120 cm³/mol. The summed E-state index contributed by atoms with van der Waals surface area (Å²) >= 11 is 0. The van der Waals surface area contributed by atoms with Crippen LogP contribution >= 0.6 is 0 Å². The molecular weight excluding hydrogens is 352 g/mol. The molecule has 0 aliphatic heterocycles. The van der Waals surface area contributed by atoms with Crippen LogP contribution in [0.3, 0.4) is 0 Å². The van der Waals surface area contributed by atoms with Crippen molar-refractivity contribution in [2.24, 2.45) is 10.7 Å². The lowest BCUT2D eigenvalue weighted by Gasteiger charge is -2.22. The number of anilines is 1. The fourth-order valence-electron chi connectivity index (χ4n) is 2.44. The first-order valence-corrected chi connectivity index (χ1v) is 9.86. The van der Waals surface area contributed by atoms with E-state index in [1.807, 2.05) is 45.0 Å². The second-order valence-corrected chi connectivity index (χ2v) is 7.22. The zero-order valence-corrected chi connectivity index (χ0v) is 18.2. The number of nitrogen functional groups attached to an aromatic ring is 1. The van der Waals surface area contributed by atoms with Gasteiger partial charge in [0.2, 0.25) is 0 Å². The third kappa shape index (κ3) is 7.54. The Labute approximate surface area is 169 Å². The molecule has 0 spiro atoms. The minimum Gasteiger partial charge on any atom is -0.382 e. The molecule has 0 amide bonds. The monoisotopic (exact) mass is 388 g/mol. The van der Waals surface area contributed by atoms with Gasteiger partial charge < -0.3 is 20.9 Å². The number of hydrogen-bond donors (Lipinski definition) is 2. The summed E-state index contributed by atoms with van der Waals surface area (Å²) in [6.45, 7) is 14.6. The topological polar surface area (TPSA) is 95.8 Å². The normalized spacial score (nSPS) is 12.0. The van der Waals surface area contributed by atoms with E-state index in [-0.39, 0.29) is 5.60 Å². The van der Waals surface area contributed by atoms with Crippen LogP contribution in [0, 0.1) is 6.92 Å². The molecule has 1 heterocycles. The molecule has 0 radical (unpaired) electrons. The van der Waals surface area contributed by atoms with E-state index in [2.05, 4.69) is 30.7 Å². The lowest BCUT2D eigenvalue weighted by molar-refractivity contribution is -0.0155. The van der Waals surface area contributed by atoms with Crippen molar-refractivity contribution >= 4 is 28.1 Å². The highest BCUT2D eigenvalue weighted by Gasteiger charge is 2.13. The van der Waals surface area contributed by atoms with Crippen molar-refractivity contribution in [1.82, 2.24) is 4.98 Å². The summed E-state index contributed by atoms with van der Waals surface area (Å²) in [5.41, 5.74) is 14.9. The largest absolute Gasteiger partial charge is 0.382 e. The first kappa shape index (κ1) is 24.0. The number of aromatic nitrogens is 1. The van der Waals surface area contributed by atoms with Crippen LogP contribution in [0.1, 0.15) is 46.6 Å². The van der Waals surface area contributed by atoms with Gasteiger partial charge in [0.25, 0.3) is 0 Å². The average molecular weight is 389 g/mol. The SMILES string of the molecule is CCC(C)(C)OCCN.CCOCC(C)=Nc1c(N)nc2ccccc2c1C. The number of aliphatic imine (C=N–C) groups is 1. The average Bonchev–Trinajstić information content (AvgIpc) is 2.68. The minimum absolute atomic E-state index is 0.0133. The van der Waals surface area contributed by atoms with Gasteiger partial charge in [-0.15, -0.1) is 0 Å². The van der Waals surface area contributed by atoms with Gasteiger partial charge in [-0.2, -0.15) is 0 Å². The van der Waals surface area contributed by atoms with Crippen molar-refractivity contribution < 1.29 is 9.47 Å². The van der Waals surface area contributed by atoms with Crippen LogP contribution in [0.4, 0.5) is 11.5 Å². The molecule has 0 aliphatic carbocycles. The van der Waals surface area contributed by atoms with E-state index >= 15 is 0 Å². The van der Waals surface area contributed by atoms with Crippen molar-refractivity contribution in [3.63, 3.8) is 0 Å². The molecule has 156 valence electrons. The molecule has 2 rings (SSSR count). The Hall–Kier alpha value is -2.02. The molecule has 1 aromatic heterocycles. The zero-order chi connectivity index (χ0) is 21.2. The first-order chi connectivity index (χ1) is 13.3. The fraction of sp³-hybridized carbons (Fsp3) is 0.545. The summed E-state index contributed by atoms with van der Waals surface area (Å²) in [7, 11) is 0. The highest BCUT2D eigenvalue weighted by Crippen LogP contribution is 2.31. The molecule has 0 aliphatic rings. The van der Waals surface area contributed by atoms with Gasteiger partial charge in [-0.3, -0.25) is 4.99 Å². The van der Waals surface area contributed by atoms with Crippen LogP contribution in [-0.4, -0.2) is 42.7 Å². The van der Waals surface area contributed by atoms with Gasteiger partial charge in [0.05, 0.1) is 24.3 Å². The highest BCUT2D eigenvalue weighted by atomic mass is 16.5. The van der Waals surface area contributed by atoms with Gasteiger partial charge in [0, 0.05) is 24.2 Å². The number of fused-ring (bicyclic) bond motifs is 1. The third-order valence-corrected chi connectivity index (χ3v) is 4.43. The van der Waals surface area contributed by atoms with E-state index in [9.17, 15) is 0 Å². The molecule has 2 aromatic rings. The molecule has 6 heteroatoms. The quantitative estimate of drug-likeness (QED) is 0.653. The number of hydrogen-bond acceptors (Lipinski definition) is 6. The maximum absolute atomic E-state index is 6.01. The van der Waals surface area contributed by atoms with Gasteiger partial charge in [0.1, 0.15) is 11.5 Å². The molecule has 6 nitrogen and oxygen atoms in total. The number of nitrogens with two attached hydrogens (primary N) is 2. The van der Waals surface area contributed by atoms with E-state index in [0.717, 1.165) is 34.3 Å². The Morgan fingerprint density at radius 1 is 1.21 bits per heavy atom. The number of rotatable bonds is 8. The van der Waals surface area contributed by atoms with Crippen LogP contribution in [0.2, 0.25) is 0 Å². The van der Waals surface area contributed by atoms with E-state index in [0.29, 0.717) is 32.2 Å². The van der Waals surface area contributed by atoms with Crippen molar-refractivity contribution in [1.29, 1.82) is 0 Å². The minimum atomic E-state index is 0.0133. The number of ether oxygens (including phenoxy) is 2. The van der Waals surface area contributed by atoms with E-state index in [1.165, 1.54) is 0 Å². The molecule has 0 saturated heterocycles. The molecule has 28 heavy (non-hydrogen) atoms. The Kier molecular flexibility index (Phi) is 10.1. The summed E-state index contributed by atoms with van der Waals surface area (Å²) in [4.78, 5) is 8.95. The van der Waals surface area contributed by atoms with Crippen molar-refractivity contribution in [3.05, 3.63) is 29.8 Å². The zero-order valence-electron chi connectivity index (χ0n) is 18.2. The molecule has 1 aromatic carbocycles. The van der Waals surface area contributed by atoms with Crippen molar-refractivity contribution in [2.45, 2.75) is 53.6 Å². The first-order valence-electron chi connectivity index (χ1n) is 9.86. The van der Waals surface area contributed by atoms with Crippen molar-refractivity contribution in [3.8, 4) is 0 Å². The van der Waals surface area contributed by atoms with Crippen molar-refractivity contribution in [2.75, 3.05) is 32.1 Å². The standard InChI is InChI=1S/C15H19N3O.C7H17NO/c1-4-19-9-10(2)17-14-11(3)12-7-5-6-8-13(12)18-15(14)16;1-4-7(2,3)9-6-5-8/h5-8H,4,9H2,1-3H3,(H2,16,18);4-6,8H2,1-3H3. The Morgan fingerprint density at radius 3 is 2.50 bits per heavy atom. The lowest BCUT2D eigenvalue weighted by Crippen LogP contribution is -2.26. The summed E-state index contributed by atoms with van der Waals surface area (Å²) in [6, 6.07) is 7.94. The molecular formula is C22H36N4O2. The van der Waals surface area contributed by atoms with Crippen LogP contribution < -0.4 is 11.5 Å². The van der Waals surface area contributed by atoms with Crippen LogP contribution in [-0.2, 0) is 9.47 Å². The van der Waals surface area contributed by atoms with E-state index < -0.39 is 0 Å². The maximum atomic E-state index is 6.01. The van der Waals surface area contributed by atoms with Crippen LogP contribution in [0.25, 0.3) is 10.9 Å². The molecule has 0 unspecified atom stereocenters. The predicted octanol–water partition coefficient (Wildman–Crippen LogP) is 4.40. The van der Waals surface area contributed by atoms with E-state index in [4.69, 9.17) is 20.9 Å². The number of para-hydroxylation sites is 1. The third-order valence-electron chi connectivity index (χ3n) is 4.43. The second-order valence-electron chi connectivity index (χ2n) is 7.22. The Morgan fingerprint density at radius 2 is 1.89 bits per heavy atom. The molecule has 0 atom stereocenters. The van der Waals surface area contributed by atoms with Crippen LogP contribution in [0.5, 0.6) is 0 Å². The molecule has 0 saturated carbocycles. The molecule has 4 N–H and O–H groups in total. The van der Waals surface area contributed by atoms with Crippen LogP contribution in [0.15, 0.2) is 29.3 Å². The van der Waals surface area contributed by atoms with Gasteiger partial charge in [0.15, 0.2) is 0 Å². The van der Waals surface area contributed by atoms with Gasteiger partial charge in [-0.25, -0.2) is 4.98 Å². The second kappa shape index (κ2) is 11.7. The number of aryl methyl sites for hydroxylation is 1. The fourth-order valence-corrected chi connectivity index (χ4v) is 2.44. The van der Waals surface area contributed by atoms with E-state index in [1.54, 1.807) is 0 Å². The smallest absolute Gasteiger partial charge is 0.150 e. The van der Waals surface area contributed by atoms with Gasteiger partial charge in [-0.05, 0) is 52.7 Å². The Balaban J connectivity index is 0.000000370. The maximum Gasteiger partial charge on any atom is 0.150 e. The summed E-state index contributed by atoms with van der Waals surface area (Å²) in [5.74, 6) is 0.465. The number of benzene rings is 1. The summed E-state index contributed by atoms with van der Waals surface area (Å²) < 4.78 is 10.7. The summed E-state index contributed by atoms with van der Waals surface area (Å²) in [5, 5.41) is 1.08. The Bertz CT molecular complexity index is 772.